The second-order valence-electron chi connectivity index (χ2n) is 6.26. The maximum Gasteiger partial charge on any atom is 0.126 e. The van der Waals surface area contributed by atoms with Gasteiger partial charge in [-0.05, 0) is 60.6 Å². The van der Waals surface area contributed by atoms with Gasteiger partial charge in [0.05, 0.1) is 0 Å². The zero-order valence-electron chi connectivity index (χ0n) is 14.1. The number of anilines is 1. The van der Waals surface area contributed by atoms with E-state index < -0.39 is 0 Å². The van der Waals surface area contributed by atoms with Crippen LogP contribution in [0.25, 0.3) is 11.1 Å². The fourth-order valence-electron chi connectivity index (χ4n) is 3.11. The maximum absolute atomic E-state index is 4.39. The van der Waals surface area contributed by atoms with Gasteiger partial charge >= 0.3 is 0 Å². The SMILES string of the molecule is CCNc1cc(C2=C(c3cccc(C)c3)CC(C)C=C2)ccn1. The third-order valence-electron chi connectivity index (χ3n) is 4.24. The van der Waals surface area contributed by atoms with Gasteiger partial charge in [0.25, 0.3) is 0 Å². The monoisotopic (exact) mass is 304 g/mol. The van der Waals surface area contributed by atoms with Gasteiger partial charge in [-0.2, -0.15) is 0 Å². The first kappa shape index (κ1) is 15.5. The quantitative estimate of drug-likeness (QED) is 0.826. The topological polar surface area (TPSA) is 24.9 Å². The molecule has 0 radical (unpaired) electrons. The van der Waals surface area contributed by atoms with Gasteiger partial charge in [0.2, 0.25) is 0 Å². The molecule has 118 valence electrons. The summed E-state index contributed by atoms with van der Waals surface area (Å²) in [5.41, 5.74) is 6.61. The third kappa shape index (κ3) is 3.53. The molecule has 1 heterocycles. The molecule has 0 saturated heterocycles. The van der Waals surface area contributed by atoms with Gasteiger partial charge in [-0.15, -0.1) is 0 Å². The lowest BCUT2D eigenvalue weighted by Crippen LogP contribution is -2.04. The number of allylic oxidation sites excluding steroid dienone is 4. The van der Waals surface area contributed by atoms with E-state index in [2.05, 4.69) is 79.6 Å². The van der Waals surface area contributed by atoms with Crippen LogP contribution in [0.4, 0.5) is 5.82 Å². The predicted octanol–water partition coefficient (Wildman–Crippen LogP) is 5.33. The van der Waals surface area contributed by atoms with Crippen LogP contribution >= 0.6 is 0 Å². The Labute approximate surface area is 139 Å². The summed E-state index contributed by atoms with van der Waals surface area (Å²) in [6.07, 6.45) is 7.55. The molecule has 2 heteroatoms. The van der Waals surface area contributed by atoms with Gasteiger partial charge in [0.1, 0.15) is 5.82 Å². The lowest BCUT2D eigenvalue weighted by atomic mass is 9.84. The summed E-state index contributed by atoms with van der Waals surface area (Å²) in [7, 11) is 0. The van der Waals surface area contributed by atoms with Crippen LogP contribution in [0, 0.1) is 12.8 Å². The zero-order valence-corrected chi connectivity index (χ0v) is 14.1. The highest BCUT2D eigenvalue weighted by Crippen LogP contribution is 2.37. The molecule has 2 nitrogen and oxygen atoms in total. The third-order valence-corrected chi connectivity index (χ3v) is 4.24. The molecule has 0 spiro atoms. The van der Waals surface area contributed by atoms with Crippen LogP contribution in [-0.2, 0) is 0 Å². The van der Waals surface area contributed by atoms with Gasteiger partial charge in [0, 0.05) is 12.7 Å². The van der Waals surface area contributed by atoms with E-state index in [1.165, 1.54) is 27.8 Å². The largest absolute Gasteiger partial charge is 0.370 e. The van der Waals surface area contributed by atoms with Crippen molar-refractivity contribution in [2.75, 3.05) is 11.9 Å². The Morgan fingerprint density at radius 1 is 1.17 bits per heavy atom. The summed E-state index contributed by atoms with van der Waals surface area (Å²) in [6, 6.07) is 13.1. The highest BCUT2D eigenvalue weighted by Gasteiger charge is 2.16. The smallest absolute Gasteiger partial charge is 0.126 e. The number of nitrogens with zero attached hydrogens (tertiary/aromatic N) is 1. The Hall–Kier alpha value is -2.35. The first-order chi connectivity index (χ1) is 11.2. The van der Waals surface area contributed by atoms with Crippen LogP contribution in [0.5, 0.6) is 0 Å². The minimum Gasteiger partial charge on any atom is -0.370 e. The van der Waals surface area contributed by atoms with Crippen molar-refractivity contribution in [2.45, 2.75) is 27.2 Å². The van der Waals surface area contributed by atoms with Crippen molar-refractivity contribution in [2.24, 2.45) is 5.92 Å². The number of pyridine rings is 1. The molecular formula is C21H24N2. The Kier molecular flexibility index (Phi) is 4.61. The van der Waals surface area contributed by atoms with Crippen LogP contribution in [0.3, 0.4) is 0 Å². The molecule has 3 rings (SSSR count). The van der Waals surface area contributed by atoms with Crippen molar-refractivity contribution in [1.29, 1.82) is 0 Å². The first-order valence-electron chi connectivity index (χ1n) is 8.36. The number of benzene rings is 1. The molecule has 1 atom stereocenters. The summed E-state index contributed by atoms with van der Waals surface area (Å²) in [6.45, 7) is 7.41. The fraction of sp³-hybridized carbons (Fsp3) is 0.286. The second kappa shape index (κ2) is 6.82. The first-order valence-corrected chi connectivity index (χ1v) is 8.36. The fourth-order valence-corrected chi connectivity index (χ4v) is 3.11. The second-order valence-corrected chi connectivity index (χ2v) is 6.26. The number of nitrogens with one attached hydrogen (secondary N) is 1. The molecule has 1 aliphatic carbocycles. The summed E-state index contributed by atoms with van der Waals surface area (Å²) in [4.78, 5) is 4.39. The lowest BCUT2D eigenvalue weighted by Gasteiger charge is -2.21. The van der Waals surface area contributed by atoms with Crippen LogP contribution < -0.4 is 5.32 Å². The minimum absolute atomic E-state index is 0.573. The van der Waals surface area contributed by atoms with Crippen molar-refractivity contribution >= 4 is 17.0 Å². The molecule has 1 unspecified atom stereocenters. The van der Waals surface area contributed by atoms with Gasteiger partial charge in [-0.25, -0.2) is 4.98 Å². The van der Waals surface area contributed by atoms with Crippen LogP contribution in [0.15, 0.2) is 54.7 Å². The maximum atomic E-state index is 4.39. The Morgan fingerprint density at radius 2 is 2.04 bits per heavy atom. The Morgan fingerprint density at radius 3 is 2.83 bits per heavy atom. The van der Waals surface area contributed by atoms with E-state index in [1.54, 1.807) is 0 Å². The van der Waals surface area contributed by atoms with Gasteiger partial charge in [-0.1, -0.05) is 48.9 Å². The van der Waals surface area contributed by atoms with E-state index in [4.69, 9.17) is 0 Å². The number of rotatable bonds is 4. The van der Waals surface area contributed by atoms with E-state index in [0.717, 1.165) is 18.8 Å². The lowest BCUT2D eigenvalue weighted by molar-refractivity contribution is 0.751. The summed E-state index contributed by atoms with van der Waals surface area (Å²) in [5, 5.41) is 3.30. The number of aryl methyl sites for hydroxylation is 1. The van der Waals surface area contributed by atoms with Crippen LogP contribution in [-0.4, -0.2) is 11.5 Å². The average Bonchev–Trinajstić information content (AvgIpc) is 2.55. The molecule has 23 heavy (non-hydrogen) atoms. The molecule has 1 N–H and O–H groups in total. The van der Waals surface area contributed by atoms with E-state index >= 15 is 0 Å². The molecule has 0 bridgehead atoms. The number of hydrogen-bond acceptors (Lipinski definition) is 2. The Bertz CT molecular complexity index is 756. The standard InChI is InChI=1S/C21H24N2/c1-4-22-21-14-18(10-11-23-21)19-9-8-16(3)13-20(19)17-7-5-6-15(2)12-17/h5-12,14,16H,4,13H2,1-3H3,(H,22,23). The van der Waals surface area contributed by atoms with Crippen molar-refractivity contribution in [3.63, 3.8) is 0 Å². The Balaban J connectivity index is 2.10. The highest BCUT2D eigenvalue weighted by molar-refractivity contribution is 5.97. The summed E-state index contributed by atoms with van der Waals surface area (Å²) >= 11 is 0. The predicted molar refractivity (Wildman–Crippen MR) is 99.3 cm³/mol. The van der Waals surface area contributed by atoms with E-state index in [0.29, 0.717) is 5.92 Å². The van der Waals surface area contributed by atoms with Crippen molar-refractivity contribution in [1.82, 2.24) is 4.98 Å². The molecule has 2 aromatic rings. The van der Waals surface area contributed by atoms with Gasteiger partial charge < -0.3 is 5.32 Å². The molecule has 0 fully saturated rings. The zero-order chi connectivity index (χ0) is 16.2. The minimum atomic E-state index is 0.573. The van der Waals surface area contributed by atoms with Crippen LogP contribution in [0.1, 0.15) is 37.0 Å². The van der Waals surface area contributed by atoms with Crippen molar-refractivity contribution in [3.05, 3.63) is 71.4 Å². The normalized spacial score (nSPS) is 17.4. The van der Waals surface area contributed by atoms with E-state index in [1.807, 2.05) is 6.20 Å². The highest BCUT2D eigenvalue weighted by atomic mass is 15.0. The average molecular weight is 304 g/mol. The van der Waals surface area contributed by atoms with Gasteiger partial charge in [-0.3, -0.25) is 0 Å². The van der Waals surface area contributed by atoms with Crippen LogP contribution in [0.2, 0.25) is 0 Å². The summed E-state index contributed by atoms with van der Waals surface area (Å²) < 4.78 is 0. The summed E-state index contributed by atoms with van der Waals surface area (Å²) in [5.74, 6) is 1.51. The van der Waals surface area contributed by atoms with Crippen molar-refractivity contribution < 1.29 is 0 Å². The molecular weight excluding hydrogens is 280 g/mol. The van der Waals surface area contributed by atoms with Crippen molar-refractivity contribution in [3.8, 4) is 0 Å². The molecule has 1 aliphatic rings. The van der Waals surface area contributed by atoms with E-state index in [-0.39, 0.29) is 0 Å². The molecule has 1 aromatic carbocycles. The van der Waals surface area contributed by atoms with E-state index in [9.17, 15) is 0 Å². The number of aromatic nitrogens is 1. The molecule has 0 amide bonds. The van der Waals surface area contributed by atoms with Gasteiger partial charge in [0.15, 0.2) is 0 Å². The molecule has 1 aromatic heterocycles. The molecule has 0 aliphatic heterocycles. The number of hydrogen-bond donors (Lipinski definition) is 1. The molecule has 0 saturated carbocycles.